The van der Waals surface area contributed by atoms with Crippen LogP contribution in [0.15, 0.2) is 0 Å². The molecule has 0 spiro atoms. The summed E-state index contributed by atoms with van der Waals surface area (Å²) in [6.07, 6.45) is 1.26. The summed E-state index contributed by atoms with van der Waals surface area (Å²) in [6.45, 7) is 10.5. The fourth-order valence-corrected chi connectivity index (χ4v) is 2.00. The zero-order chi connectivity index (χ0) is 11.3. The number of likely N-dealkylation sites (tertiary alicyclic amines) is 1. The van der Waals surface area contributed by atoms with Gasteiger partial charge in [0.25, 0.3) is 0 Å². The van der Waals surface area contributed by atoms with Crippen LogP contribution in [0.5, 0.6) is 0 Å². The Kier molecular flexibility index (Phi) is 5.58. The first-order valence-electron chi connectivity index (χ1n) is 6.11. The molecule has 1 rings (SSSR count). The minimum atomic E-state index is 0.641. The lowest BCUT2D eigenvalue weighted by atomic mass is 10.2. The van der Waals surface area contributed by atoms with Gasteiger partial charge in [0.15, 0.2) is 0 Å². The van der Waals surface area contributed by atoms with Crippen molar-refractivity contribution >= 4 is 0 Å². The molecule has 15 heavy (non-hydrogen) atoms. The lowest BCUT2D eigenvalue weighted by Crippen LogP contribution is -2.34. The third-order valence-electron chi connectivity index (χ3n) is 3.02. The van der Waals surface area contributed by atoms with Crippen LogP contribution >= 0.6 is 0 Å². The molecule has 0 aromatic heterocycles. The van der Waals surface area contributed by atoms with Gasteiger partial charge in [-0.3, -0.25) is 0 Å². The van der Waals surface area contributed by atoms with Crippen LogP contribution < -0.4 is 5.32 Å². The highest BCUT2D eigenvalue weighted by atomic mass is 16.5. The van der Waals surface area contributed by atoms with Crippen molar-refractivity contribution in [2.75, 3.05) is 33.4 Å². The topological polar surface area (TPSA) is 24.5 Å². The molecule has 1 heterocycles. The molecule has 0 saturated carbocycles. The number of hydrogen-bond donors (Lipinski definition) is 1. The maximum absolute atomic E-state index is 5.53. The number of ether oxygens (including phenoxy) is 1. The lowest BCUT2D eigenvalue weighted by Gasteiger charge is -2.13. The van der Waals surface area contributed by atoms with E-state index >= 15 is 0 Å². The minimum absolute atomic E-state index is 0.641. The van der Waals surface area contributed by atoms with Gasteiger partial charge in [0.05, 0.1) is 6.61 Å². The molecule has 1 aliphatic rings. The van der Waals surface area contributed by atoms with Crippen LogP contribution in [0.1, 0.15) is 27.2 Å². The molecule has 2 atom stereocenters. The molecule has 0 bridgehead atoms. The van der Waals surface area contributed by atoms with Crippen LogP contribution in [0.3, 0.4) is 0 Å². The van der Waals surface area contributed by atoms with Crippen LogP contribution in [-0.4, -0.2) is 50.3 Å². The highest BCUT2D eigenvalue weighted by Gasteiger charge is 2.25. The van der Waals surface area contributed by atoms with Crippen molar-refractivity contribution in [1.29, 1.82) is 0 Å². The quantitative estimate of drug-likeness (QED) is 0.675. The predicted octanol–water partition coefficient (Wildman–Crippen LogP) is 1.34. The maximum atomic E-state index is 5.53. The van der Waals surface area contributed by atoms with Crippen molar-refractivity contribution in [2.45, 2.75) is 39.3 Å². The maximum Gasteiger partial charge on any atom is 0.0591 e. The van der Waals surface area contributed by atoms with Gasteiger partial charge in [0, 0.05) is 31.8 Å². The molecule has 3 nitrogen and oxygen atoms in total. The first kappa shape index (κ1) is 12.9. The SMILES string of the molecule is CC(C)COCCNC1CC(C)N(C)C1. The predicted molar refractivity (Wildman–Crippen MR) is 64.2 cm³/mol. The van der Waals surface area contributed by atoms with Gasteiger partial charge in [0.1, 0.15) is 0 Å². The van der Waals surface area contributed by atoms with Crippen LogP contribution in [-0.2, 0) is 4.74 Å². The number of rotatable bonds is 6. The smallest absolute Gasteiger partial charge is 0.0591 e. The van der Waals surface area contributed by atoms with E-state index in [9.17, 15) is 0 Å². The van der Waals surface area contributed by atoms with Gasteiger partial charge in [-0.15, -0.1) is 0 Å². The Morgan fingerprint density at radius 1 is 1.47 bits per heavy atom. The molecule has 0 aromatic rings. The summed E-state index contributed by atoms with van der Waals surface area (Å²) in [6, 6.07) is 1.38. The largest absolute Gasteiger partial charge is 0.380 e. The van der Waals surface area contributed by atoms with E-state index in [1.54, 1.807) is 0 Å². The molecule has 0 amide bonds. The molecule has 3 heteroatoms. The average Bonchev–Trinajstić information content (AvgIpc) is 2.45. The summed E-state index contributed by atoms with van der Waals surface area (Å²) in [7, 11) is 2.20. The monoisotopic (exact) mass is 214 g/mol. The summed E-state index contributed by atoms with van der Waals surface area (Å²) in [5.41, 5.74) is 0. The third-order valence-corrected chi connectivity index (χ3v) is 3.02. The Morgan fingerprint density at radius 3 is 2.73 bits per heavy atom. The summed E-state index contributed by atoms with van der Waals surface area (Å²) in [5.74, 6) is 0.641. The van der Waals surface area contributed by atoms with E-state index in [0.717, 1.165) is 25.8 Å². The average molecular weight is 214 g/mol. The molecule has 1 aliphatic heterocycles. The summed E-state index contributed by atoms with van der Waals surface area (Å²) < 4.78 is 5.53. The van der Waals surface area contributed by atoms with Crippen molar-refractivity contribution in [2.24, 2.45) is 5.92 Å². The highest BCUT2D eigenvalue weighted by molar-refractivity contribution is 4.84. The Morgan fingerprint density at radius 2 is 2.20 bits per heavy atom. The van der Waals surface area contributed by atoms with Crippen molar-refractivity contribution in [1.82, 2.24) is 10.2 Å². The van der Waals surface area contributed by atoms with Gasteiger partial charge in [-0.1, -0.05) is 13.8 Å². The lowest BCUT2D eigenvalue weighted by molar-refractivity contribution is 0.110. The van der Waals surface area contributed by atoms with Crippen LogP contribution in [0, 0.1) is 5.92 Å². The van der Waals surface area contributed by atoms with Crippen molar-refractivity contribution in [3.05, 3.63) is 0 Å². The zero-order valence-corrected chi connectivity index (χ0v) is 10.6. The highest BCUT2D eigenvalue weighted by Crippen LogP contribution is 2.14. The fraction of sp³-hybridized carbons (Fsp3) is 1.00. The standard InChI is InChI=1S/C12H26N2O/c1-10(2)9-15-6-5-13-12-7-11(3)14(4)8-12/h10-13H,5-9H2,1-4H3. The molecule has 1 N–H and O–H groups in total. The zero-order valence-electron chi connectivity index (χ0n) is 10.6. The molecule has 1 saturated heterocycles. The van der Waals surface area contributed by atoms with E-state index in [4.69, 9.17) is 4.74 Å². The normalized spacial score (nSPS) is 27.8. The Balaban J connectivity index is 1.97. The van der Waals surface area contributed by atoms with Gasteiger partial charge < -0.3 is 15.0 Å². The van der Waals surface area contributed by atoms with Gasteiger partial charge in [-0.25, -0.2) is 0 Å². The molecule has 0 aliphatic carbocycles. The molecule has 2 unspecified atom stereocenters. The van der Waals surface area contributed by atoms with Gasteiger partial charge in [-0.05, 0) is 26.3 Å². The summed E-state index contributed by atoms with van der Waals surface area (Å²) in [4.78, 5) is 2.41. The number of nitrogens with one attached hydrogen (secondary N) is 1. The van der Waals surface area contributed by atoms with Gasteiger partial charge >= 0.3 is 0 Å². The molecular formula is C12H26N2O. The molecule has 0 radical (unpaired) electrons. The van der Waals surface area contributed by atoms with E-state index in [1.165, 1.54) is 13.0 Å². The van der Waals surface area contributed by atoms with Crippen molar-refractivity contribution in [3.8, 4) is 0 Å². The fourth-order valence-electron chi connectivity index (χ4n) is 2.00. The van der Waals surface area contributed by atoms with E-state index in [0.29, 0.717) is 12.0 Å². The second kappa shape index (κ2) is 6.46. The van der Waals surface area contributed by atoms with Crippen LogP contribution in [0.25, 0.3) is 0 Å². The van der Waals surface area contributed by atoms with Gasteiger partial charge in [0.2, 0.25) is 0 Å². The molecule has 90 valence electrons. The van der Waals surface area contributed by atoms with Crippen molar-refractivity contribution in [3.63, 3.8) is 0 Å². The van der Waals surface area contributed by atoms with Crippen LogP contribution in [0.2, 0.25) is 0 Å². The Bertz CT molecular complexity index is 163. The van der Waals surface area contributed by atoms with Crippen molar-refractivity contribution < 1.29 is 4.74 Å². The number of nitrogens with zero attached hydrogens (tertiary/aromatic N) is 1. The van der Waals surface area contributed by atoms with Crippen LogP contribution in [0.4, 0.5) is 0 Å². The number of likely N-dealkylation sites (N-methyl/N-ethyl adjacent to an activating group) is 1. The minimum Gasteiger partial charge on any atom is -0.380 e. The van der Waals surface area contributed by atoms with E-state index in [1.807, 2.05) is 0 Å². The van der Waals surface area contributed by atoms with E-state index in [-0.39, 0.29) is 0 Å². The Hall–Kier alpha value is -0.120. The molecular weight excluding hydrogens is 188 g/mol. The second-order valence-electron chi connectivity index (χ2n) is 5.14. The van der Waals surface area contributed by atoms with E-state index < -0.39 is 0 Å². The van der Waals surface area contributed by atoms with E-state index in [2.05, 4.69) is 38.0 Å². The second-order valence-corrected chi connectivity index (χ2v) is 5.14. The number of hydrogen-bond acceptors (Lipinski definition) is 3. The first-order valence-corrected chi connectivity index (χ1v) is 6.11. The van der Waals surface area contributed by atoms with Gasteiger partial charge in [-0.2, -0.15) is 0 Å². The first-order chi connectivity index (χ1) is 7.09. The summed E-state index contributed by atoms with van der Waals surface area (Å²) >= 11 is 0. The molecule has 0 aromatic carbocycles. The molecule has 1 fully saturated rings. The summed E-state index contributed by atoms with van der Waals surface area (Å²) in [5, 5.41) is 3.55. The Labute approximate surface area is 94.2 Å². The third kappa shape index (κ3) is 4.96.